The Morgan fingerprint density at radius 1 is 0.316 bits per heavy atom. The Balaban J connectivity index is 2.90. The number of aromatic hydroxyl groups is 3. The Bertz CT molecular complexity index is 1950. The molecule has 0 fully saturated rings. The first kappa shape index (κ1) is 46.0. The number of hydrogen-bond donors (Lipinski definition) is 3. The first-order valence-electron chi connectivity index (χ1n) is 21.1. The van der Waals surface area contributed by atoms with E-state index in [1.54, 1.807) is 0 Å². The molecule has 0 bridgehead atoms. The van der Waals surface area contributed by atoms with Gasteiger partial charge in [0.25, 0.3) is 0 Å². The molecule has 57 heavy (non-hydrogen) atoms. The number of phenols is 3. The van der Waals surface area contributed by atoms with E-state index in [4.69, 9.17) is 0 Å². The van der Waals surface area contributed by atoms with Gasteiger partial charge in [0.05, 0.1) is 0 Å². The lowest BCUT2D eigenvalue weighted by Crippen LogP contribution is -2.61. The molecule has 0 spiro atoms. The first-order valence-corrected chi connectivity index (χ1v) is 21.1. The average molecular weight is 775 g/mol. The van der Waals surface area contributed by atoms with Crippen molar-refractivity contribution < 1.29 is 15.3 Å². The van der Waals surface area contributed by atoms with Crippen LogP contribution in [0.3, 0.4) is 0 Å². The summed E-state index contributed by atoms with van der Waals surface area (Å²) in [7, 11) is 0. The Kier molecular flexibility index (Phi) is 11.5. The van der Waals surface area contributed by atoms with E-state index in [-0.39, 0.29) is 49.7 Å². The predicted molar refractivity (Wildman–Crippen MR) is 247 cm³/mol. The topological polar surface area (TPSA) is 60.7 Å². The molecule has 3 N–H and O–H groups in total. The van der Waals surface area contributed by atoms with Gasteiger partial charge in [-0.1, -0.05) is 160 Å². The molecule has 3 heteroatoms. The van der Waals surface area contributed by atoms with Crippen molar-refractivity contribution in [1.29, 1.82) is 0 Å². The van der Waals surface area contributed by atoms with E-state index in [1.165, 1.54) is 0 Å². The number of phenolic OH excluding ortho intramolecular Hbond substituents is 3. The van der Waals surface area contributed by atoms with Crippen LogP contribution in [0.25, 0.3) is 33.4 Å². The van der Waals surface area contributed by atoms with Crippen molar-refractivity contribution in [3.8, 4) is 50.6 Å². The molecule has 0 aliphatic heterocycles. The third kappa shape index (κ3) is 7.01. The molecule has 0 saturated heterocycles. The number of rotatable bonds is 5. The second-order valence-electron chi connectivity index (χ2n) is 23.6. The summed E-state index contributed by atoms with van der Waals surface area (Å²) in [5.74, 6) is 0.619. The predicted octanol–water partition coefficient (Wildman–Crippen LogP) is 15.8. The molecule has 4 aromatic carbocycles. The van der Waals surface area contributed by atoms with E-state index in [2.05, 4.69) is 171 Å². The van der Waals surface area contributed by atoms with Crippen LogP contribution in [-0.2, 0) is 10.8 Å². The van der Waals surface area contributed by atoms with E-state index < -0.39 is 10.8 Å². The van der Waals surface area contributed by atoms with Gasteiger partial charge in [-0.25, -0.2) is 0 Å². The van der Waals surface area contributed by atoms with Crippen LogP contribution in [0.2, 0.25) is 0 Å². The van der Waals surface area contributed by atoms with Gasteiger partial charge < -0.3 is 15.3 Å². The first-order chi connectivity index (χ1) is 25.5. The fourth-order valence-electron chi connectivity index (χ4n) is 14.1. The standard InChI is InChI=1S/C54H78O3/c1-32-23-26-39(55)36(29-32)42-35(4)43(37-30-33(2)24-27-40(37)56)46(54(50(14,15)16,51(17,18)19)52(20,21)22)44(38-31-34(3)25-28-41(38)57)45(42)53(47(5,6)7,48(8,9)10)49(11,12)13/h23-31,55-57H,1-22H3. The fraction of sp³-hybridized carbons (Fsp3) is 0.556. The molecular formula is C54H78O3. The number of hydrogen-bond acceptors (Lipinski definition) is 3. The number of aryl methyl sites for hydroxylation is 3. The zero-order chi connectivity index (χ0) is 44.0. The van der Waals surface area contributed by atoms with Gasteiger partial charge in [0.1, 0.15) is 17.2 Å². The van der Waals surface area contributed by atoms with E-state index >= 15 is 0 Å². The van der Waals surface area contributed by atoms with Gasteiger partial charge in [-0.2, -0.15) is 0 Å². The van der Waals surface area contributed by atoms with Crippen LogP contribution in [0.1, 0.15) is 158 Å². The average Bonchev–Trinajstić information content (AvgIpc) is 2.98. The van der Waals surface area contributed by atoms with Gasteiger partial charge in [-0.05, 0) is 130 Å². The third-order valence-corrected chi connectivity index (χ3v) is 13.5. The minimum absolute atomic E-state index is 0.205. The van der Waals surface area contributed by atoms with Crippen LogP contribution < -0.4 is 0 Å². The summed E-state index contributed by atoms with van der Waals surface area (Å²) in [5, 5.41) is 37.1. The van der Waals surface area contributed by atoms with Crippen LogP contribution >= 0.6 is 0 Å². The zero-order valence-electron chi connectivity index (χ0n) is 40.0. The lowest BCUT2D eigenvalue weighted by Gasteiger charge is -2.65. The van der Waals surface area contributed by atoms with Crippen molar-refractivity contribution in [2.24, 2.45) is 32.5 Å². The molecular weight excluding hydrogens is 697 g/mol. The maximum absolute atomic E-state index is 12.6. The lowest BCUT2D eigenvalue weighted by atomic mass is 9.38. The van der Waals surface area contributed by atoms with Gasteiger partial charge in [-0.3, -0.25) is 0 Å². The van der Waals surface area contributed by atoms with Gasteiger partial charge in [0.15, 0.2) is 0 Å². The smallest absolute Gasteiger partial charge is 0.123 e. The van der Waals surface area contributed by atoms with Crippen LogP contribution in [-0.4, -0.2) is 15.3 Å². The van der Waals surface area contributed by atoms with Crippen molar-refractivity contribution in [1.82, 2.24) is 0 Å². The van der Waals surface area contributed by atoms with Gasteiger partial charge in [0.2, 0.25) is 0 Å². The fourth-order valence-corrected chi connectivity index (χ4v) is 14.1. The molecule has 4 aromatic rings. The monoisotopic (exact) mass is 775 g/mol. The zero-order valence-corrected chi connectivity index (χ0v) is 40.0. The Hall–Kier alpha value is -3.72. The molecule has 0 radical (unpaired) electrons. The Morgan fingerprint density at radius 2 is 0.526 bits per heavy atom. The molecule has 0 unspecified atom stereocenters. The van der Waals surface area contributed by atoms with E-state index in [0.717, 1.165) is 66.8 Å². The highest BCUT2D eigenvalue weighted by Crippen LogP contribution is 2.72. The van der Waals surface area contributed by atoms with E-state index in [1.807, 2.05) is 36.4 Å². The molecule has 3 nitrogen and oxygen atoms in total. The largest absolute Gasteiger partial charge is 0.507 e. The summed E-state index contributed by atoms with van der Waals surface area (Å²) >= 11 is 0. The third-order valence-electron chi connectivity index (χ3n) is 13.5. The highest BCUT2D eigenvalue weighted by Gasteiger charge is 2.64. The summed E-state index contributed by atoms with van der Waals surface area (Å²) in [6.45, 7) is 51.3. The van der Waals surface area contributed by atoms with Gasteiger partial charge in [-0.15, -0.1) is 0 Å². The maximum Gasteiger partial charge on any atom is 0.123 e. The minimum Gasteiger partial charge on any atom is -0.507 e. The van der Waals surface area contributed by atoms with Crippen LogP contribution in [0.5, 0.6) is 17.2 Å². The molecule has 0 amide bonds. The van der Waals surface area contributed by atoms with Crippen molar-refractivity contribution in [3.63, 3.8) is 0 Å². The van der Waals surface area contributed by atoms with Crippen molar-refractivity contribution in [2.75, 3.05) is 0 Å². The molecule has 312 valence electrons. The van der Waals surface area contributed by atoms with Crippen LogP contribution in [0, 0.1) is 60.2 Å². The van der Waals surface area contributed by atoms with Crippen LogP contribution in [0.15, 0.2) is 54.6 Å². The lowest BCUT2D eigenvalue weighted by molar-refractivity contribution is -0.0483. The van der Waals surface area contributed by atoms with Crippen LogP contribution in [0.4, 0.5) is 0 Å². The maximum atomic E-state index is 12.6. The summed E-state index contributed by atoms with van der Waals surface area (Å²) < 4.78 is 0. The second kappa shape index (κ2) is 14.2. The molecule has 0 aliphatic carbocycles. The highest BCUT2D eigenvalue weighted by atomic mass is 16.3. The number of benzene rings is 4. The Labute approximate surface area is 348 Å². The molecule has 0 atom stereocenters. The minimum atomic E-state index is -0.615. The molecule has 0 aliphatic rings. The summed E-state index contributed by atoms with van der Waals surface area (Å²) in [6.07, 6.45) is 0. The molecule has 4 rings (SSSR count). The van der Waals surface area contributed by atoms with Gasteiger partial charge in [0, 0.05) is 27.5 Å². The quantitative estimate of drug-likeness (QED) is 0.189. The molecule has 0 aromatic heterocycles. The summed E-state index contributed by atoms with van der Waals surface area (Å²) in [6, 6.07) is 17.9. The summed E-state index contributed by atoms with van der Waals surface area (Å²) in [5.41, 5.74) is 8.15. The normalized spacial score (nSPS) is 14.0. The highest BCUT2D eigenvalue weighted by molar-refractivity contribution is 5.98. The molecule has 0 saturated carbocycles. The Morgan fingerprint density at radius 3 is 0.737 bits per heavy atom. The van der Waals surface area contributed by atoms with E-state index in [0.29, 0.717) is 0 Å². The second-order valence-corrected chi connectivity index (χ2v) is 23.6. The summed E-state index contributed by atoms with van der Waals surface area (Å²) in [4.78, 5) is 0. The van der Waals surface area contributed by atoms with E-state index in [9.17, 15) is 15.3 Å². The van der Waals surface area contributed by atoms with Crippen molar-refractivity contribution in [3.05, 3.63) is 88.0 Å². The van der Waals surface area contributed by atoms with Crippen molar-refractivity contribution >= 4 is 0 Å². The SMILES string of the molecule is Cc1ccc(O)c(-c2c(C)c(-c3cc(C)ccc3O)c(C(C(C)(C)C)(C(C)(C)C)C(C)(C)C)c(-c3cc(C)ccc3O)c2C(C(C)(C)C)(C(C)(C)C)C(C)(C)C)c1. The van der Waals surface area contributed by atoms with Crippen molar-refractivity contribution in [2.45, 2.75) is 163 Å². The van der Waals surface area contributed by atoms with Gasteiger partial charge >= 0.3 is 0 Å². The molecule has 0 heterocycles.